The Morgan fingerprint density at radius 1 is 1.23 bits per heavy atom. The van der Waals surface area contributed by atoms with Crippen LogP contribution in [0.2, 0.25) is 5.02 Å². The van der Waals surface area contributed by atoms with Crippen molar-refractivity contribution in [2.75, 3.05) is 0 Å². The predicted octanol–water partition coefficient (Wildman–Crippen LogP) is 3.65. The van der Waals surface area contributed by atoms with Gasteiger partial charge in [0.25, 0.3) is 0 Å². The number of hydrogen-bond acceptors (Lipinski definition) is 1. The first kappa shape index (κ1) is 10.5. The van der Waals surface area contributed by atoms with Crippen molar-refractivity contribution in [2.24, 2.45) is 0 Å². The maximum absolute atomic E-state index is 6.13. The van der Waals surface area contributed by atoms with E-state index in [0.717, 1.165) is 16.3 Å². The van der Waals surface area contributed by atoms with Crippen molar-refractivity contribution in [3.63, 3.8) is 0 Å². The summed E-state index contributed by atoms with van der Waals surface area (Å²) in [7, 11) is 0. The molecule has 0 saturated carbocycles. The van der Waals surface area contributed by atoms with Crippen LogP contribution in [0.25, 0.3) is 0 Å². The number of nitrogens with zero attached hydrogens (tertiary/aromatic N) is 1. The maximum Gasteiger partial charge on any atom is 0.0650 e. The molecule has 72 valence electrons. The Morgan fingerprint density at radius 3 is 2.23 bits per heavy atom. The maximum atomic E-state index is 6.13. The monoisotopic (exact) mass is 197 g/mol. The van der Waals surface area contributed by atoms with Crippen LogP contribution in [0.4, 0.5) is 0 Å². The number of halogens is 1. The molecule has 0 fully saturated rings. The largest absolute Gasteiger partial charge is 0.260 e. The van der Waals surface area contributed by atoms with Gasteiger partial charge in [-0.15, -0.1) is 0 Å². The summed E-state index contributed by atoms with van der Waals surface area (Å²) in [6.45, 7) is 10.5. The molecule has 0 aliphatic rings. The van der Waals surface area contributed by atoms with Crippen LogP contribution < -0.4 is 0 Å². The molecule has 0 amide bonds. The van der Waals surface area contributed by atoms with Crippen molar-refractivity contribution < 1.29 is 0 Å². The zero-order chi connectivity index (χ0) is 10.2. The van der Waals surface area contributed by atoms with E-state index in [9.17, 15) is 0 Å². The molecule has 13 heavy (non-hydrogen) atoms. The fourth-order valence-electron chi connectivity index (χ4n) is 1.46. The zero-order valence-electron chi connectivity index (χ0n) is 8.90. The first-order chi connectivity index (χ1) is 5.84. The predicted molar refractivity (Wildman–Crippen MR) is 57.4 cm³/mol. The molecule has 1 heterocycles. The average molecular weight is 198 g/mol. The highest BCUT2D eigenvalue weighted by molar-refractivity contribution is 6.32. The average Bonchev–Trinajstić information content (AvgIpc) is 1.98. The second kappa shape index (κ2) is 3.30. The van der Waals surface area contributed by atoms with E-state index < -0.39 is 0 Å². The number of rotatable bonds is 0. The minimum absolute atomic E-state index is 0.119. The molecule has 2 heteroatoms. The molecule has 0 bridgehead atoms. The molecular weight excluding hydrogens is 182 g/mol. The van der Waals surface area contributed by atoms with Crippen LogP contribution in [0.5, 0.6) is 0 Å². The fraction of sp³-hybridized carbons (Fsp3) is 0.545. The van der Waals surface area contributed by atoms with Gasteiger partial charge < -0.3 is 0 Å². The molecule has 1 nitrogen and oxygen atoms in total. The van der Waals surface area contributed by atoms with E-state index in [1.807, 2.05) is 13.1 Å². The highest BCUT2D eigenvalue weighted by atomic mass is 35.5. The lowest BCUT2D eigenvalue weighted by atomic mass is 9.85. The van der Waals surface area contributed by atoms with Crippen LogP contribution in [0.1, 0.15) is 37.6 Å². The zero-order valence-corrected chi connectivity index (χ0v) is 9.66. The van der Waals surface area contributed by atoms with Gasteiger partial charge >= 0.3 is 0 Å². The summed E-state index contributed by atoms with van der Waals surface area (Å²) in [5.41, 5.74) is 3.41. The minimum atomic E-state index is 0.119. The number of pyridine rings is 1. The molecule has 0 aliphatic carbocycles. The summed E-state index contributed by atoms with van der Waals surface area (Å²) in [5, 5.41) is 0.799. The lowest BCUT2D eigenvalue weighted by molar-refractivity contribution is 0.582. The van der Waals surface area contributed by atoms with Crippen molar-refractivity contribution in [3.05, 3.63) is 28.0 Å². The van der Waals surface area contributed by atoms with Crippen LogP contribution >= 0.6 is 11.6 Å². The van der Waals surface area contributed by atoms with Gasteiger partial charge in [0.15, 0.2) is 0 Å². The molecule has 0 N–H and O–H groups in total. The number of aromatic nitrogens is 1. The second-order valence-corrected chi connectivity index (χ2v) is 4.82. The van der Waals surface area contributed by atoms with Crippen molar-refractivity contribution in [2.45, 2.75) is 40.0 Å². The summed E-state index contributed by atoms with van der Waals surface area (Å²) >= 11 is 6.13. The van der Waals surface area contributed by atoms with Crippen molar-refractivity contribution in [1.29, 1.82) is 0 Å². The van der Waals surface area contributed by atoms with Crippen molar-refractivity contribution in [3.8, 4) is 0 Å². The standard InChI is InChI=1S/C11H16ClN/c1-7-9(11(3,4)5)6-13-8(2)10(7)12/h6H,1-5H3. The molecule has 1 aromatic rings. The number of hydrogen-bond donors (Lipinski definition) is 0. The van der Waals surface area contributed by atoms with Crippen LogP contribution in [0, 0.1) is 13.8 Å². The Bertz CT molecular complexity index is 324. The van der Waals surface area contributed by atoms with Gasteiger partial charge in [0.1, 0.15) is 0 Å². The summed E-state index contributed by atoms with van der Waals surface area (Å²) in [6.07, 6.45) is 1.93. The van der Waals surface area contributed by atoms with Crippen molar-refractivity contribution >= 4 is 11.6 Å². The van der Waals surface area contributed by atoms with E-state index in [0.29, 0.717) is 0 Å². The minimum Gasteiger partial charge on any atom is -0.260 e. The summed E-state index contributed by atoms with van der Waals surface area (Å²) < 4.78 is 0. The molecule has 0 unspecified atom stereocenters. The Balaban J connectivity index is 3.35. The van der Waals surface area contributed by atoms with Crippen LogP contribution in [-0.4, -0.2) is 4.98 Å². The molecule has 0 spiro atoms. The highest BCUT2D eigenvalue weighted by Gasteiger charge is 2.18. The summed E-state index contributed by atoms with van der Waals surface area (Å²) in [6, 6.07) is 0. The smallest absolute Gasteiger partial charge is 0.0650 e. The van der Waals surface area contributed by atoms with Crippen LogP contribution in [0.15, 0.2) is 6.20 Å². The number of aryl methyl sites for hydroxylation is 1. The van der Waals surface area contributed by atoms with E-state index in [1.165, 1.54) is 5.56 Å². The molecule has 0 aromatic carbocycles. The molecule has 0 radical (unpaired) electrons. The Hall–Kier alpha value is -0.560. The van der Waals surface area contributed by atoms with Crippen LogP contribution in [-0.2, 0) is 5.41 Å². The Kier molecular flexibility index (Phi) is 2.67. The van der Waals surface area contributed by atoms with E-state index >= 15 is 0 Å². The van der Waals surface area contributed by atoms with Gasteiger partial charge in [0, 0.05) is 6.20 Å². The van der Waals surface area contributed by atoms with Gasteiger partial charge in [-0.05, 0) is 30.4 Å². The molecule has 0 aliphatic heterocycles. The third-order valence-corrected chi connectivity index (χ3v) is 2.80. The topological polar surface area (TPSA) is 12.9 Å². The molecule has 0 saturated heterocycles. The lowest BCUT2D eigenvalue weighted by Gasteiger charge is -2.22. The van der Waals surface area contributed by atoms with Crippen molar-refractivity contribution in [1.82, 2.24) is 4.98 Å². The third-order valence-electron chi connectivity index (χ3n) is 2.25. The highest BCUT2D eigenvalue weighted by Crippen LogP contribution is 2.30. The normalized spacial score (nSPS) is 11.8. The molecule has 0 atom stereocenters. The van der Waals surface area contributed by atoms with Gasteiger partial charge in [0.05, 0.1) is 10.7 Å². The molecule has 1 aromatic heterocycles. The molecular formula is C11H16ClN. The van der Waals surface area contributed by atoms with Gasteiger partial charge in [-0.25, -0.2) is 0 Å². The summed E-state index contributed by atoms with van der Waals surface area (Å²) in [4.78, 5) is 4.27. The fourth-order valence-corrected chi connectivity index (χ4v) is 1.61. The third kappa shape index (κ3) is 2.02. The van der Waals surface area contributed by atoms with E-state index in [2.05, 4.69) is 32.7 Å². The lowest BCUT2D eigenvalue weighted by Crippen LogP contribution is -2.14. The SMILES string of the molecule is Cc1ncc(C(C)(C)C)c(C)c1Cl. The Morgan fingerprint density at radius 2 is 1.77 bits per heavy atom. The van der Waals surface area contributed by atoms with Gasteiger partial charge in [-0.1, -0.05) is 32.4 Å². The van der Waals surface area contributed by atoms with E-state index in [4.69, 9.17) is 11.6 Å². The van der Waals surface area contributed by atoms with Crippen LogP contribution in [0.3, 0.4) is 0 Å². The summed E-state index contributed by atoms with van der Waals surface area (Å²) in [5.74, 6) is 0. The second-order valence-electron chi connectivity index (χ2n) is 4.45. The quantitative estimate of drug-likeness (QED) is 0.619. The van der Waals surface area contributed by atoms with Gasteiger partial charge in [0.2, 0.25) is 0 Å². The molecule has 1 rings (SSSR count). The Labute approximate surface area is 85.1 Å². The first-order valence-corrected chi connectivity index (χ1v) is 4.84. The van der Waals surface area contributed by atoms with E-state index in [-0.39, 0.29) is 5.41 Å². The van der Waals surface area contributed by atoms with Gasteiger partial charge in [-0.2, -0.15) is 0 Å². The van der Waals surface area contributed by atoms with Gasteiger partial charge in [-0.3, -0.25) is 4.98 Å². The van der Waals surface area contributed by atoms with E-state index in [1.54, 1.807) is 0 Å². The first-order valence-electron chi connectivity index (χ1n) is 4.46.